The fourth-order valence-corrected chi connectivity index (χ4v) is 0.709. The van der Waals surface area contributed by atoms with Crippen LogP contribution in [0.15, 0.2) is 0 Å². The van der Waals surface area contributed by atoms with E-state index in [4.69, 9.17) is 5.73 Å². The van der Waals surface area contributed by atoms with Crippen LogP contribution in [0.5, 0.6) is 0 Å². The van der Waals surface area contributed by atoms with Crippen LogP contribution in [-0.2, 0) is 0 Å². The van der Waals surface area contributed by atoms with Gasteiger partial charge in [-0.05, 0) is 0 Å². The summed E-state index contributed by atoms with van der Waals surface area (Å²) < 4.78 is 0. The van der Waals surface area contributed by atoms with E-state index < -0.39 is 0 Å². The monoisotopic (exact) mass is 100 g/mol. The Labute approximate surface area is 43.3 Å². The Balaban J connectivity index is 2.14. The molecule has 0 aromatic heterocycles. The molecule has 1 fully saturated rings. The van der Waals surface area contributed by atoms with Crippen LogP contribution in [0.2, 0.25) is 0 Å². The van der Waals surface area contributed by atoms with Crippen LogP contribution in [-0.4, -0.2) is 25.8 Å². The highest BCUT2D eigenvalue weighted by molar-refractivity contribution is 4.71. The van der Waals surface area contributed by atoms with Gasteiger partial charge in [0.15, 0.2) is 0 Å². The summed E-state index contributed by atoms with van der Waals surface area (Å²) >= 11 is 0. The molecule has 0 bridgehead atoms. The Kier molecular flexibility index (Phi) is 1.62. The van der Waals surface area contributed by atoms with Crippen molar-refractivity contribution in [1.29, 1.82) is 0 Å². The van der Waals surface area contributed by atoms with Crippen LogP contribution >= 0.6 is 0 Å². The van der Waals surface area contributed by atoms with Crippen molar-refractivity contribution in [3.05, 3.63) is 0 Å². The van der Waals surface area contributed by atoms with Gasteiger partial charge in [-0.2, -0.15) is 0 Å². The highest BCUT2D eigenvalue weighted by Crippen LogP contribution is 1.79. The maximum atomic E-state index is 6.87. The highest BCUT2D eigenvalue weighted by Gasteiger charge is 2.08. The molecule has 1 radical (unpaired) electrons. The first kappa shape index (κ1) is 5.03. The molecule has 1 aliphatic heterocycles. The lowest BCUT2D eigenvalue weighted by molar-refractivity contribution is 0.558. The summed E-state index contributed by atoms with van der Waals surface area (Å²) in [6.07, 6.45) is 0.264. The van der Waals surface area contributed by atoms with Crippen LogP contribution in [0.1, 0.15) is 0 Å². The molecular formula is C4H10N3. The number of hydrogen-bond donors (Lipinski definition) is 2. The number of nitrogens with one attached hydrogen (secondary N) is 3. The first-order chi connectivity index (χ1) is 3.43. The standard InChI is InChI=1S/C4H10N3/c5-3-4-6-1-2-7-4/h4-7H,1-3H2. The Hall–Kier alpha value is -0.120. The first-order valence-corrected chi connectivity index (χ1v) is 2.55. The van der Waals surface area contributed by atoms with Crippen molar-refractivity contribution in [2.45, 2.75) is 6.17 Å². The van der Waals surface area contributed by atoms with Crippen LogP contribution in [0, 0.1) is 0 Å². The van der Waals surface area contributed by atoms with Crippen LogP contribution < -0.4 is 16.4 Å². The summed E-state index contributed by atoms with van der Waals surface area (Å²) in [6.45, 7) is 2.48. The summed E-state index contributed by atoms with van der Waals surface area (Å²) in [5.41, 5.74) is 6.87. The minimum Gasteiger partial charge on any atom is -0.300 e. The zero-order chi connectivity index (χ0) is 5.11. The summed E-state index contributed by atoms with van der Waals surface area (Å²) in [7, 11) is 0. The van der Waals surface area contributed by atoms with Gasteiger partial charge in [0.2, 0.25) is 0 Å². The van der Waals surface area contributed by atoms with Gasteiger partial charge in [-0.3, -0.25) is 16.4 Å². The SMILES string of the molecule is [NH]CC1NCCN1. The zero-order valence-corrected chi connectivity index (χ0v) is 4.20. The van der Waals surface area contributed by atoms with E-state index in [2.05, 4.69) is 10.6 Å². The predicted octanol–water partition coefficient (Wildman–Crippen LogP) is -1.21. The quantitative estimate of drug-likeness (QED) is 0.434. The molecule has 7 heavy (non-hydrogen) atoms. The van der Waals surface area contributed by atoms with Crippen LogP contribution in [0.4, 0.5) is 0 Å². The maximum Gasteiger partial charge on any atom is 0.0715 e. The molecule has 1 aliphatic rings. The third-order valence-corrected chi connectivity index (χ3v) is 1.11. The van der Waals surface area contributed by atoms with E-state index in [1.807, 2.05) is 0 Å². The van der Waals surface area contributed by atoms with Crippen LogP contribution in [0.25, 0.3) is 0 Å². The third-order valence-electron chi connectivity index (χ3n) is 1.11. The van der Waals surface area contributed by atoms with Gasteiger partial charge in [0.1, 0.15) is 0 Å². The summed E-state index contributed by atoms with van der Waals surface area (Å²) in [5.74, 6) is 0. The van der Waals surface area contributed by atoms with Crippen molar-refractivity contribution in [2.24, 2.45) is 0 Å². The summed E-state index contributed by atoms with van der Waals surface area (Å²) in [5, 5.41) is 6.22. The van der Waals surface area contributed by atoms with E-state index in [0.29, 0.717) is 6.54 Å². The van der Waals surface area contributed by atoms with E-state index in [-0.39, 0.29) is 6.17 Å². The van der Waals surface area contributed by atoms with Crippen molar-refractivity contribution >= 4 is 0 Å². The molecule has 0 amide bonds. The minimum atomic E-state index is 0.264. The largest absolute Gasteiger partial charge is 0.300 e. The topological polar surface area (TPSA) is 47.9 Å². The van der Waals surface area contributed by atoms with E-state index in [1.165, 1.54) is 0 Å². The number of hydrogen-bond acceptors (Lipinski definition) is 2. The maximum absolute atomic E-state index is 6.87. The summed E-state index contributed by atoms with van der Waals surface area (Å²) in [6, 6.07) is 0. The van der Waals surface area contributed by atoms with Gasteiger partial charge in [0.25, 0.3) is 0 Å². The summed E-state index contributed by atoms with van der Waals surface area (Å²) in [4.78, 5) is 0. The van der Waals surface area contributed by atoms with Gasteiger partial charge in [-0.25, -0.2) is 0 Å². The van der Waals surface area contributed by atoms with E-state index in [1.54, 1.807) is 0 Å². The van der Waals surface area contributed by atoms with Gasteiger partial charge in [0, 0.05) is 19.6 Å². The van der Waals surface area contributed by atoms with Crippen molar-refractivity contribution < 1.29 is 0 Å². The first-order valence-electron chi connectivity index (χ1n) is 2.55. The minimum absolute atomic E-state index is 0.264. The van der Waals surface area contributed by atoms with Crippen LogP contribution in [0.3, 0.4) is 0 Å². The smallest absolute Gasteiger partial charge is 0.0715 e. The van der Waals surface area contributed by atoms with Gasteiger partial charge < -0.3 is 0 Å². The molecule has 0 atom stereocenters. The molecule has 0 aromatic rings. The molecule has 1 saturated heterocycles. The van der Waals surface area contributed by atoms with Gasteiger partial charge in [0.05, 0.1) is 6.17 Å². The molecule has 0 aromatic carbocycles. The molecule has 0 saturated carbocycles. The zero-order valence-electron chi connectivity index (χ0n) is 4.20. The molecule has 41 valence electrons. The average molecular weight is 100 g/mol. The van der Waals surface area contributed by atoms with E-state index in [0.717, 1.165) is 13.1 Å². The Morgan fingerprint density at radius 2 is 2.00 bits per heavy atom. The molecule has 0 spiro atoms. The fraction of sp³-hybridized carbons (Fsp3) is 1.00. The second kappa shape index (κ2) is 2.26. The molecule has 0 aliphatic carbocycles. The molecular weight excluding hydrogens is 90.1 g/mol. The van der Waals surface area contributed by atoms with E-state index in [9.17, 15) is 0 Å². The molecule has 3 N–H and O–H groups in total. The lowest BCUT2D eigenvalue weighted by Crippen LogP contribution is -2.34. The molecule has 1 heterocycles. The van der Waals surface area contributed by atoms with Crippen molar-refractivity contribution in [2.75, 3.05) is 19.6 Å². The van der Waals surface area contributed by atoms with E-state index >= 15 is 0 Å². The van der Waals surface area contributed by atoms with Crippen molar-refractivity contribution in [1.82, 2.24) is 16.4 Å². The van der Waals surface area contributed by atoms with Crippen molar-refractivity contribution in [3.63, 3.8) is 0 Å². The number of rotatable bonds is 1. The van der Waals surface area contributed by atoms with Gasteiger partial charge in [-0.15, -0.1) is 0 Å². The fourth-order valence-electron chi connectivity index (χ4n) is 0.709. The molecule has 1 rings (SSSR count). The second-order valence-corrected chi connectivity index (χ2v) is 1.66. The second-order valence-electron chi connectivity index (χ2n) is 1.66. The predicted molar refractivity (Wildman–Crippen MR) is 27.8 cm³/mol. The molecule has 3 heteroatoms. The van der Waals surface area contributed by atoms with Crippen molar-refractivity contribution in [3.8, 4) is 0 Å². The molecule has 3 nitrogen and oxygen atoms in total. The Morgan fingerprint density at radius 1 is 1.43 bits per heavy atom. The Morgan fingerprint density at radius 3 is 2.29 bits per heavy atom. The third kappa shape index (κ3) is 1.12. The lowest BCUT2D eigenvalue weighted by Gasteiger charge is -2.03. The average Bonchev–Trinajstić information content (AvgIpc) is 2.14. The van der Waals surface area contributed by atoms with Gasteiger partial charge >= 0.3 is 0 Å². The Bertz CT molecular complexity index is 48.9. The normalized spacial score (nSPS) is 23.6. The highest BCUT2D eigenvalue weighted by atomic mass is 15.2. The van der Waals surface area contributed by atoms with Gasteiger partial charge in [-0.1, -0.05) is 0 Å². The molecule has 0 unspecified atom stereocenters. The lowest BCUT2D eigenvalue weighted by atomic mass is 10.5.